The highest BCUT2D eigenvalue weighted by Gasteiger charge is 2.27. The quantitative estimate of drug-likeness (QED) is 0.723. The van der Waals surface area contributed by atoms with Crippen molar-refractivity contribution in [2.45, 2.75) is 38.3 Å². The van der Waals surface area contributed by atoms with E-state index < -0.39 is 12.8 Å². The van der Waals surface area contributed by atoms with Gasteiger partial charge in [0.15, 0.2) is 0 Å². The summed E-state index contributed by atoms with van der Waals surface area (Å²) in [5.74, 6) is 0.691. The lowest BCUT2D eigenvalue weighted by Crippen LogP contribution is -2.39. The Hall–Kier alpha value is -0.150. The van der Waals surface area contributed by atoms with E-state index in [1.807, 2.05) is 7.05 Å². The molecule has 0 amide bonds. The zero-order chi connectivity index (χ0) is 9.84. The molecule has 0 heterocycles. The third-order valence-electron chi connectivity index (χ3n) is 3.06. The fourth-order valence-corrected chi connectivity index (χ4v) is 2.30. The monoisotopic (exact) mass is 189 g/mol. The Balaban J connectivity index is 2.33. The van der Waals surface area contributed by atoms with Crippen molar-refractivity contribution in [1.29, 1.82) is 0 Å². The normalized spacial score (nSPS) is 31.2. The summed E-state index contributed by atoms with van der Waals surface area (Å²) in [5, 5.41) is 9.16. The van der Waals surface area contributed by atoms with Gasteiger partial charge in [0.05, 0.1) is 6.10 Å². The van der Waals surface area contributed by atoms with Crippen LogP contribution in [0.5, 0.6) is 0 Å². The second-order valence-corrected chi connectivity index (χ2v) is 4.22. The van der Waals surface area contributed by atoms with Crippen molar-refractivity contribution in [3.05, 3.63) is 0 Å². The molecule has 1 fully saturated rings. The van der Waals surface area contributed by atoms with Crippen LogP contribution in [-0.2, 0) is 0 Å². The fourth-order valence-electron chi connectivity index (χ4n) is 2.30. The van der Waals surface area contributed by atoms with Crippen molar-refractivity contribution in [3.63, 3.8) is 0 Å². The molecule has 3 heteroatoms. The van der Waals surface area contributed by atoms with Gasteiger partial charge in [0.25, 0.3) is 0 Å². The molecule has 0 aromatic heterocycles. The fraction of sp³-hybridized carbons (Fsp3) is 1.00. The van der Waals surface area contributed by atoms with Crippen molar-refractivity contribution in [1.82, 2.24) is 4.90 Å². The van der Waals surface area contributed by atoms with Gasteiger partial charge in [-0.05, 0) is 25.8 Å². The van der Waals surface area contributed by atoms with Gasteiger partial charge in [-0.2, -0.15) is 0 Å². The highest BCUT2D eigenvalue weighted by molar-refractivity contribution is 4.82. The summed E-state index contributed by atoms with van der Waals surface area (Å²) >= 11 is 0. The summed E-state index contributed by atoms with van der Waals surface area (Å²) < 4.78 is 12.1. The Kier molecular flexibility index (Phi) is 4.13. The molecular weight excluding hydrogens is 169 g/mol. The predicted octanol–water partition coefficient (Wildman–Crippen LogP) is 1.44. The number of aliphatic hydroxyl groups is 1. The zero-order valence-corrected chi connectivity index (χ0v) is 8.54. The summed E-state index contributed by atoms with van der Waals surface area (Å²) in [4.78, 5) is 2.10. The van der Waals surface area contributed by atoms with Crippen LogP contribution in [0.4, 0.5) is 4.39 Å². The van der Waals surface area contributed by atoms with Crippen LogP contribution in [0.1, 0.15) is 26.2 Å². The van der Waals surface area contributed by atoms with E-state index in [0.29, 0.717) is 18.5 Å². The molecule has 0 aromatic rings. The predicted molar refractivity (Wildman–Crippen MR) is 51.4 cm³/mol. The van der Waals surface area contributed by atoms with Crippen LogP contribution in [0.15, 0.2) is 0 Å². The standard InChI is InChI=1S/C10H20FNO/c1-8-4-3-5-10(8)12(2)7-9(13)6-11/h8-10,13H,3-7H2,1-2H3. The molecule has 1 rings (SSSR count). The second kappa shape index (κ2) is 4.91. The van der Waals surface area contributed by atoms with E-state index in [2.05, 4.69) is 11.8 Å². The van der Waals surface area contributed by atoms with Crippen molar-refractivity contribution < 1.29 is 9.50 Å². The number of rotatable bonds is 4. The van der Waals surface area contributed by atoms with Crippen molar-refractivity contribution in [3.8, 4) is 0 Å². The molecule has 0 saturated heterocycles. The average molecular weight is 189 g/mol. The van der Waals surface area contributed by atoms with Gasteiger partial charge in [0.1, 0.15) is 6.67 Å². The number of hydrogen-bond acceptors (Lipinski definition) is 2. The van der Waals surface area contributed by atoms with Gasteiger partial charge >= 0.3 is 0 Å². The lowest BCUT2D eigenvalue weighted by molar-refractivity contribution is 0.0757. The maximum atomic E-state index is 12.1. The van der Waals surface area contributed by atoms with Crippen molar-refractivity contribution in [2.24, 2.45) is 5.92 Å². The van der Waals surface area contributed by atoms with Crippen LogP contribution in [0.3, 0.4) is 0 Å². The topological polar surface area (TPSA) is 23.5 Å². The number of aliphatic hydroxyl groups excluding tert-OH is 1. The lowest BCUT2D eigenvalue weighted by Gasteiger charge is -2.28. The van der Waals surface area contributed by atoms with Gasteiger partial charge in [-0.15, -0.1) is 0 Å². The van der Waals surface area contributed by atoms with E-state index in [9.17, 15) is 4.39 Å². The summed E-state index contributed by atoms with van der Waals surface area (Å²) in [6, 6.07) is 0.543. The minimum Gasteiger partial charge on any atom is -0.389 e. The maximum absolute atomic E-state index is 12.1. The van der Waals surface area contributed by atoms with Crippen LogP contribution in [0, 0.1) is 5.92 Å². The summed E-state index contributed by atoms with van der Waals surface area (Å²) in [6.45, 7) is 2.06. The van der Waals surface area contributed by atoms with E-state index in [-0.39, 0.29) is 0 Å². The molecule has 0 aliphatic heterocycles. The third-order valence-corrected chi connectivity index (χ3v) is 3.06. The van der Waals surface area contributed by atoms with Crippen LogP contribution in [0.25, 0.3) is 0 Å². The Morgan fingerprint density at radius 3 is 2.69 bits per heavy atom. The van der Waals surface area contributed by atoms with Gasteiger partial charge in [-0.25, -0.2) is 4.39 Å². The molecule has 3 unspecified atom stereocenters. The molecule has 13 heavy (non-hydrogen) atoms. The van der Waals surface area contributed by atoms with Crippen molar-refractivity contribution >= 4 is 0 Å². The first-order valence-electron chi connectivity index (χ1n) is 5.09. The number of likely N-dealkylation sites (N-methyl/N-ethyl adjacent to an activating group) is 1. The van der Waals surface area contributed by atoms with Crippen LogP contribution >= 0.6 is 0 Å². The third kappa shape index (κ3) is 2.92. The van der Waals surface area contributed by atoms with Gasteiger partial charge in [0.2, 0.25) is 0 Å². The van der Waals surface area contributed by atoms with E-state index in [0.717, 1.165) is 0 Å². The van der Waals surface area contributed by atoms with Gasteiger partial charge in [0, 0.05) is 12.6 Å². The number of halogens is 1. The number of hydrogen-bond donors (Lipinski definition) is 1. The minimum absolute atomic E-state index is 0.464. The first kappa shape index (κ1) is 10.9. The Labute approximate surface area is 79.7 Å². The maximum Gasteiger partial charge on any atom is 0.117 e. The molecule has 1 N–H and O–H groups in total. The molecule has 0 bridgehead atoms. The van der Waals surface area contributed by atoms with Gasteiger partial charge in [-0.3, -0.25) is 0 Å². The second-order valence-electron chi connectivity index (χ2n) is 4.22. The molecule has 0 spiro atoms. The minimum atomic E-state index is -0.808. The Morgan fingerprint density at radius 2 is 2.23 bits per heavy atom. The van der Waals surface area contributed by atoms with E-state index in [1.165, 1.54) is 19.3 Å². The molecule has 0 aromatic carbocycles. The first-order valence-corrected chi connectivity index (χ1v) is 5.09. The lowest BCUT2D eigenvalue weighted by atomic mass is 10.1. The number of alkyl halides is 1. The SMILES string of the molecule is CC1CCCC1N(C)CC(O)CF. The van der Waals surface area contributed by atoms with Gasteiger partial charge < -0.3 is 10.0 Å². The summed E-state index contributed by atoms with van der Waals surface area (Å²) in [6.07, 6.45) is 2.91. The Morgan fingerprint density at radius 1 is 1.54 bits per heavy atom. The van der Waals surface area contributed by atoms with Crippen LogP contribution < -0.4 is 0 Å². The average Bonchev–Trinajstić information content (AvgIpc) is 2.51. The van der Waals surface area contributed by atoms with Crippen LogP contribution in [-0.4, -0.2) is 42.4 Å². The molecule has 3 atom stereocenters. The molecule has 78 valence electrons. The highest BCUT2D eigenvalue weighted by atomic mass is 19.1. The summed E-state index contributed by atoms with van der Waals surface area (Å²) in [7, 11) is 1.98. The zero-order valence-electron chi connectivity index (χ0n) is 8.54. The summed E-state index contributed by atoms with van der Waals surface area (Å²) in [5.41, 5.74) is 0. The molecular formula is C10H20FNO. The molecule has 1 aliphatic rings. The van der Waals surface area contributed by atoms with Gasteiger partial charge in [-0.1, -0.05) is 13.3 Å². The van der Waals surface area contributed by atoms with Crippen molar-refractivity contribution in [2.75, 3.05) is 20.3 Å². The largest absolute Gasteiger partial charge is 0.389 e. The van der Waals surface area contributed by atoms with Crippen LogP contribution in [0.2, 0.25) is 0 Å². The highest BCUT2D eigenvalue weighted by Crippen LogP contribution is 2.28. The number of nitrogens with zero attached hydrogens (tertiary/aromatic N) is 1. The smallest absolute Gasteiger partial charge is 0.117 e. The molecule has 1 aliphatic carbocycles. The molecule has 0 radical (unpaired) electrons. The van der Waals surface area contributed by atoms with E-state index >= 15 is 0 Å². The Bertz CT molecular complexity index is 154. The first-order chi connectivity index (χ1) is 6.15. The molecule has 1 saturated carbocycles. The van der Waals surface area contributed by atoms with E-state index in [4.69, 9.17) is 5.11 Å². The molecule has 2 nitrogen and oxygen atoms in total. The van der Waals surface area contributed by atoms with E-state index in [1.54, 1.807) is 0 Å².